The van der Waals surface area contributed by atoms with Crippen molar-refractivity contribution in [3.05, 3.63) is 36.2 Å². The first kappa shape index (κ1) is 44.9. The van der Waals surface area contributed by atoms with Gasteiger partial charge in [-0.05, 0) is 83.8 Å². The second-order valence-corrected chi connectivity index (χ2v) is 14.6. The van der Waals surface area contributed by atoms with Crippen molar-refractivity contribution >= 4 is 46.7 Å². The minimum absolute atomic E-state index is 0.0683. The first-order valence-corrected chi connectivity index (χ1v) is 20.5. The van der Waals surface area contributed by atoms with Crippen LogP contribution >= 0.6 is 0 Å². The number of hydrogen-bond donors (Lipinski definition) is 8. The van der Waals surface area contributed by atoms with Gasteiger partial charge in [0.1, 0.15) is 23.8 Å². The third-order valence-corrected chi connectivity index (χ3v) is 10.0. The average Bonchev–Trinajstić information content (AvgIpc) is 3.68. The van der Waals surface area contributed by atoms with E-state index in [-0.39, 0.29) is 37.2 Å². The molecule has 18 nitrogen and oxygen atoms in total. The van der Waals surface area contributed by atoms with E-state index in [1.807, 2.05) is 40.0 Å². The van der Waals surface area contributed by atoms with Gasteiger partial charge in [0.05, 0.1) is 24.8 Å². The number of carboxylic acid groups (broad SMARTS) is 1. The van der Waals surface area contributed by atoms with Crippen LogP contribution in [0.5, 0.6) is 0 Å². The highest BCUT2D eigenvalue weighted by Crippen LogP contribution is 2.25. The molecule has 0 radical (unpaired) electrons. The zero-order valence-corrected chi connectivity index (χ0v) is 33.4. The summed E-state index contributed by atoms with van der Waals surface area (Å²) in [4.78, 5) is 55.4. The van der Waals surface area contributed by atoms with Crippen LogP contribution < -0.4 is 37.6 Å². The fourth-order valence-corrected chi connectivity index (χ4v) is 6.81. The number of rotatable bonds is 23. The van der Waals surface area contributed by atoms with Crippen LogP contribution in [0.3, 0.4) is 0 Å². The van der Waals surface area contributed by atoms with Crippen LogP contribution in [0.1, 0.15) is 82.7 Å². The van der Waals surface area contributed by atoms with E-state index in [4.69, 9.17) is 20.8 Å². The zero-order valence-electron chi connectivity index (χ0n) is 33.4. The lowest BCUT2D eigenvalue weighted by Crippen LogP contribution is -2.43. The number of nitrogens with zero attached hydrogens (tertiary/aromatic N) is 6. The average molecular weight is 794 g/mol. The number of benzene rings is 1. The first-order valence-electron chi connectivity index (χ1n) is 20.5. The number of para-hydroxylation sites is 1. The lowest BCUT2D eigenvalue weighted by atomic mass is 9.95. The third-order valence-electron chi connectivity index (χ3n) is 10.0. The van der Waals surface area contributed by atoms with Gasteiger partial charge in [0.2, 0.25) is 17.8 Å². The number of fused-ring (bicyclic) bond motifs is 1. The number of hydrogen-bond acceptors (Lipinski definition) is 14. The standard InChI is InChI=1S/C34H54N12O2.C5H9NO3/c1-35-24-31(47)38-19-13-32(48)45-21-14-27(15-22-45)40-33-29-11-5-6-12-30(29)41-34(42-33)39-23-28-25-46(44-43-28)20-8-17-36-16-7-18-37-26-9-3-2-4-10-26;6-4(5(8)9)2-1-3-7/h5-6,11-12,25-27,35-37H,2-4,7-10,13-24H2,1H3,(H,38,47)(H2,39,40,41,42);3-4H,1-2,6H2,(H,8,9). The van der Waals surface area contributed by atoms with Gasteiger partial charge in [-0.15, -0.1) is 5.10 Å². The molecule has 3 heterocycles. The quantitative estimate of drug-likeness (QED) is 0.0502. The summed E-state index contributed by atoms with van der Waals surface area (Å²) in [6.07, 6.45) is 14.0. The highest BCUT2D eigenvalue weighted by Gasteiger charge is 2.24. The molecule has 3 aromatic rings. The molecule has 1 aromatic carbocycles. The van der Waals surface area contributed by atoms with Crippen LogP contribution in [-0.2, 0) is 32.3 Å². The highest BCUT2D eigenvalue weighted by molar-refractivity contribution is 5.90. The van der Waals surface area contributed by atoms with Crippen LogP contribution in [-0.4, -0.2) is 130 Å². The minimum atomic E-state index is -1.06. The van der Waals surface area contributed by atoms with E-state index in [9.17, 15) is 19.2 Å². The Morgan fingerprint density at radius 2 is 1.75 bits per heavy atom. The first-order chi connectivity index (χ1) is 27.7. The van der Waals surface area contributed by atoms with Crippen molar-refractivity contribution in [3.8, 4) is 0 Å². The van der Waals surface area contributed by atoms with Crippen molar-refractivity contribution in [2.45, 2.75) is 108 Å². The Balaban J connectivity index is 0.000000713. The number of carbonyl (C=O) groups is 4. The van der Waals surface area contributed by atoms with Crippen LogP contribution in [0, 0.1) is 0 Å². The van der Waals surface area contributed by atoms with E-state index >= 15 is 0 Å². The van der Waals surface area contributed by atoms with E-state index in [1.54, 1.807) is 7.05 Å². The van der Waals surface area contributed by atoms with Gasteiger partial charge < -0.3 is 52.4 Å². The maximum absolute atomic E-state index is 12.7. The Hall–Kier alpha value is -4.78. The number of aliphatic carboxylic acids is 1. The number of aldehydes is 1. The van der Waals surface area contributed by atoms with Crippen LogP contribution in [0.25, 0.3) is 10.9 Å². The molecule has 1 saturated carbocycles. The molecule has 57 heavy (non-hydrogen) atoms. The van der Waals surface area contributed by atoms with E-state index in [0.29, 0.717) is 44.8 Å². The number of nitrogens with one attached hydrogen (secondary N) is 6. The normalized spacial score (nSPS) is 15.4. The second kappa shape index (κ2) is 25.5. The number of likely N-dealkylation sites (N-methyl/N-ethyl adjacent to an activating group) is 1. The third kappa shape index (κ3) is 16.7. The van der Waals surface area contributed by atoms with Gasteiger partial charge in [-0.1, -0.05) is 36.6 Å². The summed E-state index contributed by atoms with van der Waals surface area (Å²) in [6.45, 7) is 6.32. The summed E-state index contributed by atoms with van der Waals surface area (Å²) in [5, 5.41) is 37.6. The molecule has 1 unspecified atom stereocenters. The Morgan fingerprint density at radius 3 is 2.51 bits per heavy atom. The number of aryl methyl sites for hydroxylation is 1. The number of likely N-dealkylation sites (tertiary alicyclic amines) is 1. The summed E-state index contributed by atoms with van der Waals surface area (Å²) in [5.74, 6) is 0.213. The van der Waals surface area contributed by atoms with Crippen LogP contribution in [0.4, 0.5) is 11.8 Å². The lowest BCUT2D eigenvalue weighted by molar-refractivity contribution is -0.138. The molecule has 9 N–H and O–H groups in total. The Labute approximate surface area is 335 Å². The Kier molecular flexibility index (Phi) is 20.1. The molecule has 2 amide bonds. The summed E-state index contributed by atoms with van der Waals surface area (Å²) >= 11 is 0. The number of carboxylic acids is 1. The number of aromatic nitrogens is 5. The fraction of sp³-hybridized carbons (Fsp3) is 0.641. The van der Waals surface area contributed by atoms with Crippen molar-refractivity contribution in [3.63, 3.8) is 0 Å². The van der Waals surface area contributed by atoms with E-state index in [0.717, 1.165) is 80.3 Å². The molecular formula is C39H63N13O5. The molecule has 1 aliphatic heterocycles. The molecule has 1 atom stereocenters. The van der Waals surface area contributed by atoms with E-state index in [1.165, 1.54) is 32.1 Å². The van der Waals surface area contributed by atoms with Gasteiger partial charge in [0.15, 0.2) is 0 Å². The smallest absolute Gasteiger partial charge is 0.320 e. The van der Waals surface area contributed by atoms with Gasteiger partial charge >= 0.3 is 5.97 Å². The van der Waals surface area contributed by atoms with Gasteiger partial charge in [0, 0.05) is 56.5 Å². The fourth-order valence-electron chi connectivity index (χ4n) is 6.81. The molecule has 1 aliphatic carbocycles. The number of nitrogens with two attached hydrogens (primary N) is 1. The van der Waals surface area contributed by atoms with Crippen molar-refractivity contribution in [2.75, 3.05) is 63.5 Å². The molecule has 2 aromatic heterocycles. The van der Waals surface area contributed by atoms with E-state index < -0.39 is 12.0 Å². The zero-order chi connectivity index (χ0) is 40.7. The summed E-state index contributed by atoms with van der Waals surface area (Å²) in [5.41, 5.74) is 6.73. The molecule has 314 valence electrons. The molecule has 18 heteroatoms. The summed E-state index contributed by atoms with van der Waals surface area (Å²) in [7, 11) is 1.72. The van der Waals surface area contributed by atoms with Gasteiger partial charge in [-0.25, -0.2) is 4.98 Å². The second-order valence-electron chi connectivity index (χ2n) is 14.6. The maximum atomic E-state index is 12.7. The number of anilines is 2. The molecule has 0 spiro atoms. The van der Waals surface area contributed by atoms with Gasteiger partial charge in [0.25, 0.3) is 0 Å². The molecule has 5 rings (SSSR count). The molecule has 2 aliphatic rings. The minimum Gasteiger partial charge on any atom is -0.480 e. The van der Waals surface area contributed by atoms with Crippen molar-refractivity contribution in [1.82, 2.24) is 51.1 Å². The largest absolute Gasteiger partial charge is 0.480 e. The SMILES string of the molecule is CNCC(=O)NCCC(=O)N1CCC(Nc2nc(NCc3cn(CCCNCCCNC4CCCCC4)nn3)nc3ccccc23)CC1.NC(CCC=O)C(=O)O. The van der Waals surface area contributed by atoms with Crippen molar-refractivity contribution in [1.29, 1.82) is 0 Å². The molecular weight excluding hydrogens is 731 g/mol. The number of piperidine rings is 1. The summed E-state index contributed by atoms with van der Waals surface area (Å²) < 4.78 is 1.90. The summed E-state index contributed by atoms with van der Waals surface area (Å²) in [6, 6.07) is 8.00. The van der Waals surface area contributed by atoms with Crippen molar-refractivity contribution < 1.29 is 24.3 Å². The number of amides is 2. The molecule has 2 fully saturated rings. The monoisotopic (exact) mass is 794 g/mol. The highest BCUT2D eigenvalue weighted by atomic mass is 16.4. The Bertz CT molecular complexity index is 1660. The lowest BCUT2D eigenvalue weighted by Gasteiger charge is -2.33. The van der Waals surface area contributed by atoms with E-state index in [2.05, 4.69) is 42.2 Å². The maximum Gasteiger partial charge on any atom is 0.320 e. The topological polar surface area (TPSA) is 246 Å². The Morgan fingerprint density at radius 1 is 0.982 bits per heavy atom. The predicted molar refractivity (Wildman–Crippen MR) is 220 cm³/mol. The number of carbonyl (C=O) groups excluding carboxylic acids is 3. The van der Waals surface area contributed by atoms with Gasteiger partial charge in [-0.2, -0.15) is 4.98 Å². The van der Waals surface area contributed by atoms with Gasteiger partial charge in [-0.3, -0.25) is 19.1 Å². The molecule has 1 saturated heterocycles. The van der Waals surface area contributed by atoms with Crippen molar-refractivity contribution in [2.24, 2.45) is 5.73 Å². The molecule has 0 bridgehead atoms. The van der Waals surface area contributed by atoms with Crippen LogP contribution in [0.15, 0.2) is 30.5 Å². The predicted octanol–water partition coefficient (Wildman–Crippen LogP) is 1.63. The van der Waals surface area contributed by atoms with Crippen LogP contribution in [0.2, 0.25) is 0 Å².